The number of aliphatic imine (C=N–C) groups is 1. The number of ether oxygens (including phenoxy) is 1. The molecule has 0 spiro atoms. The topological polar surface area (TPSA) is 45.1 Å². The number of hydroxylamine groups is 2. The first kappa shape index (κ1) is 15.4. The van der Waals surface area contributed by atoms with Crippen LogP contribution < -0.4 is 0 Å². The molecule has 1 unspecified atom stereocenters. The van der Waals surface area contributed by atoms with Crippen molar-refractivity contribution < 1.29 is 23.1 Å². The highest BCUT2D eigenvalue weighted by Crippen LogP contribution is 2.49. The molecule has 4 nitrogen and oxygen atoms in total. The number of alkyl halides is 2. The molecule has 0 radical (unpaired) electrons. The van der Waals surface area contributed by atoms with Gasteiger partial charge in [0, 0.05) is 17.3 Å². The molecule has 1 atom stereocenters. The van der Waals surface area contributed by atoms with Gasteiger partial charge in [-0.2, -0.15) is 0 Å². The molecule has 1 N–H and O–H groups in total. The number of benzene rings is 1. The Morgan fingerprint density at radius 3 is 2.88 bits per heavy atom. The maximum Gasteiger partial charge on any atom is 0.275 e. The van der Waals surface area contributed by atoms with Crippen LogP contribution in [0.1, 0.15) is 18.4 Å². The van der Waals surface area contributed by atoms with Gasteiger partial charge < -0.3 is 4.74 Å². The van der Waals surface area contributed by atoms with E-state index in [1.165, 1.54) is 24.4 Å². The van der Waals surface area contributed by atoms with E-state index in [1.54, 1.807) is 0 Å². The molecule has 1 saturated carbocycles. The van der Waals surface area contributed by atoms with Crippen molar-refractivity contribution in [1.82, 2.24) is 5.06 Å². The maximum absolute atomic E-state index is 14.3. The summed E-state index contributed by atoms with van der Waals surface area (Å²) in [6.45, 7) is 0.153. The van der Waals surface area contributed by atoms with Gasteiger partial charge in [-0.3, -0.25) is 5.21 Å². The van der Waals surface area contributed by atoms with Crippen LogP contribution in [0.25, 0.3) is 0 Å². The van der Waals surface area contributed by atoms with Gasteiger partial charge in [-0.25, -0.2) is 23.2 Å². The Labute approximate surface area is 136 Å². The van der Waals surface area contributed by atoms with Crippen molar-refractivity contribution >= 4 is 11.5 Å². The Bertz CT molecular complexity index is 771. The van der Waals surface area contributed by atoms with Crippen LogP contribution in [0.2, 0.25) is 0 Å². The number of rotatable bonds is 4. The maximum atomic E-state index is 14.3. The molecule has 2 heterocycles. The molecule has 126 valence electrons. The summed E-state index contributed by atoms with van der Waals surface area (Å²) >= 11 is 0. The zero-order valence-corrected chi connectivity index (χ0v) is 12.6. The Morgan fingerprint density at radius 2 is 2.17 bits per heavy atom. The second-order valence-electron chi connectivity index (χ2n) is 6.15. The molecule has 2 aliphatic heterocycles. The number of hydrogen-bond acceptors (Lipinski definition) is 4. The number of fused-ring (bicyclic) bond motifs is 2. The van der Waals surface area contributed by atoms with Crippen LogP contribution in [0, 0.1) is 11.7 Å². The molecule has 3 aliphatic rings. The van der Waals surface area contributed by atoms with Gasteiger partial charge in [-0.05, 0) is 43.0 Å². The fourth-order valence-electron chi connectivity index (χ4n) is 3.04. The first-order chi connectivity index (χ1) is 11.5. The van der Waals surface area contributed by atoms with Crippen LogP contribution >= 0.6 is 0 Å². The van der Waals surface area contributed by atoms with E-state index in [0.717, 1.165) is 25.0 Å². The van der Waals surface area contributed by atoms with E-state index in [0.29, 0.717) is 5.06 Å². The molecular formula is C17H15F3N2O2. The minimum atomic E-state index is -2.95. The first-order valence-corrected chi connectivity index (χ1v) is 7.70. The SMILES string of the molecule is ON1C=CC=C2C1=Nc1ccc(F)cc1C2(OCC1CC1)C(F)F. The van der Waals surface area contributed by atoms with E-state index in [4.69, 9.17) is 4.74 Å². The Hall–Kier alpha value is -2.12. The lowest BCUT2D eigenvalue weighted by molar-refractivity contribution is -0.125. The highest BCUT2D eigenvalue weighted by Gasteiger charge is 2.53. The predicted molar refractivity (Wildman–Crippen MR) is 80.7 cm³/mol. The smallest absolute Gasteiger partial charge is 0.275 e. The Kier molecular flexibility index (Phi) is 3.51. The zero-order valence-electron chi connectivity index (χ0n) is 12.6. The molecule has 7 heteroatoms. The van der Waals surface area contributed by atoms with Gasteiger partial charge in [-0.1, -0.05) is 6.08 Å². The first-order valence-electron chi connectivity index (χ1n) is 7.70. The summed E-state index contributed by atoms with van der Waals surface area (Å²) in [5.41, 5.74) is -1.98. The predicted octanol–water partition coefficient (Wildman–Crippen LogP) is 3.90. The highest BCUT2D eigenvalue weighted by atomic mass is 19.3. The normalized spacial score (nSPS) is 25.3. The van der Waals surface area contributed by atoms with Crippen LogP contribution in [0.3, 0.4) is 0 Å². The summed E-state index contributed by atoms with van der Waals surface area (Å²) in [5, 5.41) is 10.7. The summed E-state index contributed by atoms with van der Waals surface area (Å²) in [4.78, 5) is 4.20. The molecule has 1 fully saturated rings. The monoisotopic (exact) mass is 336 g/mol. The van der Waals surface area contributed by atoms with Crippen LogP contribution in [0.4, 0.5) is 18.9 Å². The summed E-state index contributed by atoms with van der Waals surface area (Å²) in [6, 6.07) is 3.50. The molecule has 1 aromatic carbocycles. The van der Waals surface area contributed by atoms with Gasteiger partial charge in [0.2, 0.25) is 0 Å². The van der Waals surface area contributed by atoms with E-state index in [-0.39, 0.29) is 35.2 Å². The number of nitrogens with zero attached hydrogens (tertiary/aromatic N) is 2. The van der Waals surface area contributed by atoms with Crippen LogP contribution in [-0.4, -0.2) is 29.1 Å². The standard InChI is InChI=1S/C17H15F3N2O2/c18-11-5-6-14-13(8-11)17(16(19)20,24-9-10-3-4-10)12-2-1-7-22(23)15(12)21-14/h1-2,5-8,10,16,23H,3-4,9H2. The van der Waals surface area contributed by atoms with Crippen molar-refractivity contribution in [3.63, 3.8) is 0 Å². The van der Waals surface area contributed by atoms with Crippen LogP contribution in [-0.2, 0) is 10.3 Å². The molecule has 0 bridgehead atoms. The minimum absolute atomic E-state index is 0.0168. The van der Waals surface area contributed by atoms with Crippen molar-refractivity contribution in [2.45, 2.75) is 24.9 Å². The van der Waals surface area contributed by atoms with E-state index in [1.807, 2.05) is 0 Å². The lowest BCUT2D eigenvalue weighted by Crippen LogP contribution is -2.48. The van der Waals surface area contributed by atoms with Gasteiger partial charge in [0.05, 0.1) is 12.3 Å². The summed E-state index contributed by atoms with van der Waals surface area (Å²) in [6.07, 6.45) is 3.07. The van der Waals surface area contributed by atoms with E-state index >= 15 is 0 Å². The molecule has 24 heavy (non-hydrogen) atoms. The fourth-order valence-corrected chi connectivity index (χ4v) is 3.04. The van der Waals surface area contributed by atoms with E-state index in [9.17, 15) is 18.4 Å². The molecule has 4 rings (SSSR count). The molecule has 1 aromatic rings. The third-order valence-electron chi connectivity index (χ3n) is 4.48. The molecular weight excluding hydrogens is 321 g/mol. The van der Waals surface area contributed by atoms with Crippen molar-refractivity contribution in [2.24, 2.45) is 10.9 Å². The average molecular weight is 336 g/mol. The van der Waals surface area contributed by atoms with Gasteiger partial charge in [-0.15, -0.1) is 0 Å². The van der Waals surface area contributed by atoms with Gasteiger partial charge in [0.1, 0.15) is 5.82 Å². The zero-order chi connectivity index (χ0) is 16.9. The largest absolute Gasteiger partial charge is 0.359 e. The summed E-state index contributed by atoms with van der Waals surface area (Å²) in [7, 11) is 0. The second kappa shape index (κ2) is 5.46. The van der Waals surface area contributed by atoms with Crippen LogP contribution in [0.15, 0.2) is 47.1 Å². The summed E-state index contributed by atoms with van der Waals surface area (Å²) < 4.78 is 48.1. The quantitative estimate of drug-likeness (QED) is 0.907. The molecule has 0 aromatic heterocycles. The number of amidine groups is 1. The lowest BCUT2D eigenvalue weighted by atomic mass is 9.81. The number of hydrogen-bond donors (Lipinski definition) is 1. The van der Waals surface area contributed by atoms with E-state index in [2.05, 4.69) is 4.99 Å². The van der Waals surface area contributed by atoms with Crippen molar-refractivity contribution in [3.05, 3.63) is 53.5 Å². The van der Waals surface area contributed by atoms with E-state index < -0.39 is 17.8 Å². The fraction of sp³-hybridized carbons (Fsp3) is 0.353. The van der Waals surface area contributed by atoms with Gasteiger partial charge in [0.25, 0.3) is 6.43 Å². The lowest BCUT2D eigenvalue weighted by Gasteiger charge is -2.41. The molecule has 0 amide bonds. The number of halogens is 3. The second-order valence-corrected chi connectivity index (χ2v) is 6.15. The third-order valence-corrected chi connectivity index (χ3v) is 4.48. The van der Waals surface area contributed by atoms with Crippen molar-refractivity contribution in [1.29, 1.82) is 0 Å². The van der Waals surface area contributed by atoms with Gasteiger partial charge >= 0.3 is 0 Å². The van der Waals surface area contributed by atoms with Crippen LogP contribution in [0.5, 0.6) is 0 Å². The Morgan fingerprint density at radius 1 is 1.38 bits per heavy atom. The number of allylic oxidation sites excluding steroid dienone is 2. The minimum Gasteiger partial charge on any atom is -0.359 e. The molecule has 0 saturated heterocycles. The average Bonchev–Trinajstić information content (AvgIpc) is 3.37. The van der Waals surface area contributed by atoms with Crippen molar-refractivity contribution in [2.75, 3.05) is 6.61 Å². The highest BCUT2D eigenvalue weighted by molar-refractivity contribution is 6.05. The van der Waals surface area contributed by atoms with Crippen molar-refractivity contribution in [3.8, 4) is 0 Å². The third kappa shape index (κ3) is 2.27. The van der Waals surface area contributed by atoms with Gasteiger partial charge in [0.15, 0.2) is 11.4 Å². The summed E-state index contributed by atoms with van der Waals surface area (Å²) in [5.74, 6) is -0.433. The Balaban J connectivity index is 1.93. The molecule has 1 aliphatic carbocycles.